The van der Waals surface area contributed by atoms with Crippen molar-refractivity contribution >= 4 is 22.6 Å². The number of benzene rings is 2. The maximum absolute atomic E-state index is 13.4. The van der Waals surface area contributed by atoms with Gasteiger partial charge in [0.25, 0.3) is 0 Å². The SMILES string of the molecule is Cc1nn(CC(=O)Nc2cccc(Cn3cccn3)c2)c2nccc(-c3ccc(F)cc3)c12. The highest BCUT2D eigenvalue weighted by Gasteiger charge is 2.16. The molecular formula is C25H21FN6O. The molecule has 8 heteroatoms. The van der Waals surface area contributed by atoms with Gasteiger partial charge in [-0.25, -0.2) is 14.1 Å². The second-order valence-electron chi connectivity index (χ2n) is 7.76. The molecular weight excluding hydrogens is 419 g/mol. The molecule has 0 radical (unpaired) electrons. The molecule has 0 bridgehead atoms. The Kier molecular flexibility index (Phi) is 5.40. The summed E-state index contributed by atoms with van der Waals surface area (Å²) in [6.07, 6.45) is 5.30. The topological polar surface area (TPSA) is 77.6 Å². The van der Waals surface area contributed by atoms with Gasteiger partial charge in [0.1, 0.15) is 12.4 Å². The number of amides is 1. The highest BCUT2D eigenvalue weighted by atomic mass is 19.1. The van der Waals surface area contributed by atoms with Crippen molar-refractivity contribution in [1.82, 2.24) is 24.5 Å². The van der Waals surface area contributed by atoms with Crippen LogP contribution in [0.25, 0.3) is 22.2 Å². The van der Waals surface area contributed by atoms with Crippen LogP contribution < -0.4 is 5.32 Å². The molecule has 1 N–H and O–H groups in total. The number of anilines is 1. The molecule has 1 amide bonds. The zero-order valence-corrected chi connectivity index (χ0v) is 17.9. The summed E-state index contributed by atoms with van der Waals surface area (Å²) in [7, 11) is 0. The second-order valence-corrected chi connectivity index (χ2v) is 7.76. The van der Waals surface area contributed by atoms with E-state index >= 15 is 0 Å². The molecule has 0 aliphatic rings. The van der Waals surface area contributed by atoms with Crippen molar-refractivity contribution in [3.05, 3.63) is 96.3 Å². The first-order valence-corrected chi connectivity index (χ1v) is 10.5. The number of carbonyl (C=O) groups is 1. The van der Waals surface area contributed by atoms with Gasteiger partial charge in [0.05, 0.1) is 12.2 Å². The average molecular weight is 440 g/mol. The van der Waals surface area contributed by atoms with Crippen molar-refractivity contribution in [3.63, 3.8) is 0 Å². The molecule has 3 heterocycles. The van der Waals surface area contributed by atoms with Gasteiger partial charge in [-0.2, -0.15) is 10.2 Å². The van der Waals surface area contributed by atoms with E-state index in [1.54, 1.807) is 29.2 Å². The van der Waals surface area contributed by atoms with Crippen LogP contribution in [-0.2, 0) is 17.9 Å². The van der Waals surface area contributed by atoms with E-state index in [0.29, 0.717) is 17.9 Å². The van der Waals surface area contributed by atoms with E-state index in [9.17, 15) is 9.18 Å². The van der Waals surface area contributed by atoms with Gasteiger partial charge in [0, 0.05) is 29.7 Å². The number of pyridine rings is 1. The van der Waals surface area contributed by atoms with Crippen molar-refractivity contribution in [1.29, 1.82) is 0 Å². The van der Waals surface area contributed by atoms with Crippen LogP contribution in [0.5, 0.6) is 0 Å². The Bertz CT molecular complexity index is 1420. The van der Waals surface area contributed by atoms with Crippen LogP contribution in [0.2, 0.25) is 0 Å². The fourth-order valence-electron chi connectivity index (χ4n) is 3.93. The highest BCUT2D eigenvalue weighted by molar-refractivity contribution is 5.96. The van der Waals surface area contributed by atoms with Gasteiger partial charge in [-0.15, -0.1) is 0 Å². The first-order valence-electron chi connectivity index (χ1n) is 10.5. The molecule has 0 spiro atoms. The zero-order chi connectivity index (χ0) is 22.8. The minimum absolute atomic E-state index is 0.0214. The van der Waals surface area contributed by atoms with Crippen molar-refractivity contribution in [2.45, 2.75) is 20.0 Å². The molecule has 33 heavy (non-hydrogen) atoms. The molecule has 2 aromatic carbocycles. The number of nitrogens with zero attached hydrogens (tertiary/aromatic N) is 5. The summed E-state index contributed by atoms with van der Waals surface area (Å²) in [6.45, 7) is 2.52. The third kappa shape index (κ3) is 4.36. The fourth-order valence-corrected chi connectivity index (χ4v) is 3.93. The molecule has 0 aliphatic heterocycles. The van der Waals surface area contributed by atoms with Gasteiger partial charge in [-0.3, -0.25) is 9.48 Å². The molecule has 0 unspecified atom stereocenters. The molecule has 0 saturated carbocycles. The Labute approximate surface area is 189 Å². The predicted molar refractivity (Wildman–Crippen MR) is 124 cm³/mol. The van der Waals surface area contributed by atoms with E-state index in [1.165, 1.54) is 12.1 Å². The minimum Gasteiger partial charge on any atom is -0.324 e. The standard InChI is InChI=1S/C25H21FN6O/c1-17-24-22(19-6-8-20(26)9-7-19)10-12-27-25(24)32(30-17)16-23(33)29-21-5-2-4-18(14-21)15-31-13-3-11-28-31/h2-14H,15-16H2,1H3,(H,29,33). The van der Waals surface area contributed by atoms with Crippen molar-refractivity contribution < 1.29 is 9.18 Å². The summed E-state index contributed by atoms with van der Waals surface area (Å²) >= 11 is 0. The van der Waals surface area contributed by atoms with Crippen LogP contribution in [0.3, 0.4) is 0 Å². The van der Waals surface area contributed by atoms with Crippen molar-refractivity contribution in [2.75, 3.05) is 5.32 Å². The average Bonchev–Trinajstić information content (AvgIpc) is 3.42. The van der Waals surface area contributed by atoms with Gasteiger partial charge in [-0.1, -0.05) is 24.3 Å². The third-order valence-electron chi connectivity index (χ3n) is 5.37. The Morgan fingerprint density at radius 3 is 2.70 bits per heavy atom. The molecule has 0 saturated heterocycles. The minimum atomic E-state index is -0.290. The second kappa shape index (κ2) is 8.66. The number of rotatable bonds is 6. The quantitative estimate of drug-likeness (QED) is 0.424. The summed E-state index contributed by atoms with van der Waals surface area (Å²) in [4.78, 5) is 17.3. The number of aromatic nitrogens is 5. The van der Waals surface area contributed by atoms with Crippen molar-refractivity contribution in [2.24, 2.45) is 0 Å². The van der Waals surface area contributed by atoms with Crippen molar-refractivity contribution in [3.8, 4) is 11.1 Å². The lowest BCUT2D eigenvalue weighted by molar-refractivity contribution is -0.116. The molecule has 3 aromatic heterocycles. The van der Waals surface area contributed by atoms with Gasteiger partial charge in [-0.05, 0) is 60.0 Å². The van der Waals surface area contributed by atoms with Gasteiger partial charge in [0.2, 0.25) is 5.91 Å². The van der Waals surface area contributed by atoms with Crippen LogP contribution in [0, 0.1) is 12.7 Å². The Morgan fingerprint density at radius 2 is 1.91 bits per heavy atom. The van der Waals surface area contributed by atoms with Crippen LogP contribution in [-0.4, -0.2) is 30.5 Å². The molecule has 5 rings (SSSR count). The monoisotopic (exact) mass is 440 g/mol. The van der Waals surface area contributed by atoms with Crippen LogP contribution >= 0.6 is 0 Å². The van der Waals surface area contributed by atoms with Gasteiger partial charge in [0.15, 0.2) is 5.65 Å². The number of halogens is 1. The first-order chi connectivity index (χ1) is 16.1. The summed E-state index contributed by atoms with van der Waals surface area (Å²) < 4.78 is 16.8. The number of fused-ring (bicyclic) bond motifs is 1. The first kappa shape index (κ1) is 20.6. The maximum Gasteiger partial charge on any atom is 0.246 e. The van der Waals surface area contributed by atoms with Crippen LogP contribution in [0.4, 0.5) is 10.1 Å². The highest BCUT2D eigenvalue weighted by Crippen LogP contribution is 2.30. The van der Waals surface area contributed by atoms with E-state index in [-0.39, 0.29) is 18.3 Å². The molecule has 0 fully saturated rings. The Balaban J connectivity index is 1.37. The van der Waals surface area contributed by atoms with E-state index in [0.717, 1.165) is 27.8 Å². The molecule has 7 nitrogen and oxygen atoms in total. The van der Waals surface area contributed by atoms with E-state index in [4.69, 9.17) is 0 Å². The van der Waals surface area contributed by atoms with Gasteiger partial charge >= 0.3 is 0 Å². The lowest BCUT2D eigenvalue weighted by Gasteiger charge is -2.09. The Hall–Kier alpha value is -4.33. The summed E-state index contributed by atoms with van der Waals surface area (Å²) in [5.41, 5.74) is 4.86. The molecule has 0 atom stereocenters. The lowest BCUT2D eigenvalue weighted by atomic mass is 10.0. The number of nitrogens with one attached hydrogen (secondary N) is 1. The normalized spacial score (nSPS) is 11.1. The predicted octanol–water partition coefficient (Wildman–Crippen LogP) is 4.43. The summed E-state index contributed by atoms with van der Waals surface area (Å²) in [6, 6.07) is 17.7. The van der Waals surface area contributed by atoms with Crippen LogP contribution in [0.1, 0.15) is 11.3 Å². The largest absolute Gasteiger partial charge is 0.324 e. The number of aryl methyl sites for hydroxylation is 1. The number of carbonyl (C=O) groups excluding carboxylic acids is 1. The molecule has 0 aliphatic carbocycles. The molecule has 5 aromatic rings. The summed E-state index contributed by atoms with van der Waals surface area (Å²) in [5, 5.41) is 12.5. The lowest BCUT2D eigenvalue weighted by Crippen LogP contribution is -2.20. The number of hydrogen-bond acceptors (Lipinski definition) is 4. The van der Waals surface area contributed by atoms with E-state index in [2.05, 4.69) is 20.5 Å². The Morgan fingerprint density at radius 1 is 1.06 bits per heavy atom. The number of hydrogen-bond donors (Lipinski definition) is 1. The van der Waals surface area contributed by atoms with Gasteiger partial charge < -0.3 is 5.32 Å². The molecule has 164 valence electrons. The fraction of sp³-hybridized carbons (Fsp3) is 0.120. The van der Waals surface area contributed by atoms with Crippen LogP contribution in [0.15, 0.2) is 79.3 Å². The zero-order valence-electron chi connectivity index (χ0n) is 17.9. The smallest absolute Gasteiger partial charge is 0.246 e. The maximum atomic E-state index is 13.4. The van der Waals surface area contributed by atoms with E-state index in [1.807, 2.05) is 54.2 Å². The summed E-state index contributed by atoms with van der Waals surface area (Å²) in [5.74, 6) is -0.494. The van der Waals surface area contributed by atoms with E-state index < -0.39 is 0 Å². The third-order valence-corrected chi connectivity index (χ3v) is 5.37.